The molecule has 1 aliphatic rings. The van der Waals surface area contributed by atoms with Crippen LogP contribution in [-0.2, 0) is 0 Å². The predicted octanol–water partition coefficient (Wildman–Crippen LogP) is 1.97. The van der Waals surface area contributed by atoms with Crippen molar-refractivity contribution in [2.24, 2.45) is 0 Å². The molecule has 1 saturated heterocycles. The van der Waals surface area contributed by atoms with Crippen molar-refractivity contribution in [3.8, 4) is 11.5 Å². The predicted molar refractivity (Wildman–Crippen MR) is 71.9 cm³/mol. The number of hydrogen-bond donors (Lipinski definition) is 0. The van der Waals surface area contributed by atoms with Gasteiger partial charge in [0.25, 0.3) is 0 Å². The second kappa shape index (κ2) is 5.44. The molecule has 6 nitrogen and oxygen atoms in total. The van der Waals surface area contributed by atoms with Gasteiger partial charge in [-0.05, 0) is 30.9 Å². The first kappa shape index (κ1) is 12.2. The number of halogens is 1. The van der Waals surface area contributed by atoms with E-state index in [0.717, 1.165) is 25.9 Å². The average molecular weight is 277 g/mol. The molecule has 19 heavy (non-hydrogen) atoms. The Morgan fingerprint density at radius 1 is 1.00 bits per heavy atom. The summed E-state index contributed by atoms with van der Waals surface area (Å²) in [7, 11) is 0. The quantitative estimate of drug-likeness (QED) is 0.835. The van der Waals surface area contributed by atoms with Crippen LogP contribution in [0.4, 0.5) is 5.95 Å². The molecular formula is C12H13ClN6. The van der Waals surface area contributed by atoms with Gasteiger partial charge in [-0.2, -0.15) is 15.0 Å². The summed E-state index contributed by atoms with van der Waals surface area (Å²) in [6, 6.07) is 0. The summed E-state index contributed by atoms with van der Waals surface area (Å²) in [6.07, 6.45) is 8.40. The first-order valence-electron chi connectivity index (χ1n) is 6.26. The Labute approximate surface area is 115 Å². The molecule has 1 aliphatic heterocycles. The molecule has 98 valence electrons. The Hall–Kier alpha value is -1.82. The van der Waals surface area contributed by atoms with Gasteiger partial charge in [0.05, 0.1) is 6.20 Å². The highest BCUT2D eigenvalue weighted by atomic mass is 35.5. The molecule has 0 bridgehead atoms. The normalized spacial score (nSPS) is 15.5. The highest BCUT2D eigenvalue weighted by Gasteiger charge is 2.16. The van der Waals surface area contributed by atoms with Gasteiger partial charge in [-0.25, -0.2) is 4.98 Å². The van der Waals surface area contributed by atoms with Crippen LogP contribution in [0.5, 0.6) is 0 Å². The highest BCUT2D eigenvalue weighted by Crippen LogP contribution is 2.20. The van der Waals surface area contributed by atoms with Crippen molar-refractivity contribution in [1.82, 2.24) is 24.9 Å². The Kier molecular flexibility index (Phi) is 3.50. The molecule has 3 heterocycles. The fourth-order valence-electron chi connectivity index (χ4n) is 2.10. The first-order chi connectivity index (χ1) is 9.33. The smallest absolute Gasteiger partial charge is 0.230 e. The van der Waals surface area contributed by atoms with Gasteiger partial charge in [0.2, 0.25) is 11.2 Å². The van der Waals surface area contributed by atoms with E-state index in [1.54, 1.807) is 18.6 Å². The van der Waals surface area contributed by atoms with Crippen molar-refractivity contribution in [2.75, 3.05) is 18.0 Å². The molecule has 0 saturated carbocycles. The topological polar surface area (TPSA) is 67.7 Å². The number of hydrogen-bond acceptors (Lipinski definition) is 6. The molecule has 2 aromatic heterocycles. The first-order valence-corrected chi connectivity index (χ1v) is 6.63. The lowest BCUT2D eigenvalue weighted by molar-refractivity contribution is 0.567. The van der Waals surface area contributed by atoms with Crippen LogP contribution in [0.25, 0.3) is 11.5 Å². The van der Waals surface area contributed by atoms with E-state index >= 15 is 0 Å². The summed E-state index contributed by atoms with van der Waals surface area (Å²) in [4.78, 5) is 23.1. The van der Waals surface area contributed by atoms with Crippen molar-refractivity contribution in [3.63, 3.8) is 0 Å². The molecule has 0 spiro atoms. The highest BCUT2D eigenvalue weighted by molar-refractivity contribution is 6.28. The molecular weight excluding hydrogens is 264 g/mol. The average Bonchev–Trinajstić information content (AvgIpc) is 2.48. The zero-order valence-corrected chi connectivity index (χ0v) is 11.1. The third-order valence-electron chi connectivity index (χ3n) is 3.03. The molecule has 0 N–H and O–H groups in total. The largest absolute Gasteiger partial charge is 0.341 e. The third-order valence-corrected chi connectivity index (χ3v) is 3.20. The van der Waals surface area contributed by atoms with Crippen molar-refractivity contribution in [2.45, 2.75) is 19.3 Å². The van der Waals surface area contributed by atoms with Gasteiger partial charge in [0.1, 0.15) is 5.69 Å². The summed E-state index contributed by atoms with van der Waals surface area (Å²) in [5, 5.41) is 0.191. The Morgan fingerprint density at radius 2 is 1.84 bits per heavy atom. The zero-order chi connectivity index (χ0) is 13.1. The van der Waals surface area contributed by atoms with E-state index in [-0.39, 0.29) is 5.28 Å². The maximum Gasteiger partial charge on any atom is 0.230 e. The lowest BCUT2D eigenvalue weighted by Crippen LogP contribution is -2.31. The van der Waals surface area contributed by atoms with Gasteiger partial charge < -0.3 is 4.90 Å². The van der Waals surface area contributed by atoms with Crippen molar-refractivity contribution in [3.05, 3.63) is 23.9 Å². The minimum atomic E-state index is 0.191. The second-order valence-electron chi connectivity index (χ2n) is 4.37. The number of piperidine rings is 1. The van der Waals surface area contributed by atoms with Crippen LogP contribution in [-0.4, -0.2) is 38.0 Å². The summed E-state index contributed by atoms with van der Waals surface area (Å²) < 4.78 is 0. The fraction of sp³-hybridized carbons (Fsp3) is 0.417. The van der Waals surface area contributed by atoms with Gasteiger partial charge >= 0.3 is 0 Å². The zero-order valence-electron chi connectivity index (χ0n) is 10.3. The summed E-state index contributed by atoms with van der Waals surface area (Å²) in [6.45, 7) is 1.92. The standard InChI is InChI=1S/C12H13ClN6/c13-11-16-10(9-8-14-4-5-15-9)17-12(18-11)19-6-2-1-3-7-19/h4-5,8H,1-3,6-7H2. The van der Waals surface area contributed by atoms with E-state index in [1.165, 1.54) is 6.42 Å². The van der Waals surface area contributed by atoms with Gasteiger partial charge in [-0.15, -0.1) is 0 Å². The van der Waals surface area contributed by atoms with Crippen LogP contribution in [0, 0.1) is 0 Å². The van der Waals surface area contributed by atoms with E-state index in [4.69, 9.17) is 11.6 Å². The monoisotopic (exact) mass is 276 g/mol. The van der Waals surface area contributed by atoms with Crippen molar-refractivity contribution in [1.29, 1.82) is 0 Å². The molecule has 0 amide bonds. The molecule has 0 radical (unpaired) electrons. The lowest BCUT2D eigenvalue weighted by atomic mass is 10.1. The molecule has 3 rings (SSSR count). The number of aromatic nitrogens is 5. The Morgan fingerprint density at radius 3 is 2.58 bits per heavy atom. The molecule has 7 heteroatoms. The number of nitrogens with zero attached hydrogens (tertiary/aromatic N) is 6. The maximum absolute atomic E-state index is 5.98. The van der Waals surface area contributed by atoms with Gasteiger partial charge in [0.15, 0.2) is 5.82 Å². The molecule has 0 aliphatic carbocycles. The van der Waals surface area contributed by atoms with Gasteiger partial charge in [-0.1, -0.05) is 0 Å². The van der Waals surface area contributed by atoms with Crippen molar-refractivity contribution < 1.29 is 0 Å². The SMILES string of the molecule is Clc1nc(-c2cnccn2)nc(N2CCCCC2)n1. The van der Waals surface area contributed by atoms with E-state index in [1.807, 2.05) is 0 Å². The minimum absolute atomic E-state index is 0.191. The Bertz CT molecular complexity index is 555. The van der Waals surface area contributed by atoms with Crippen LogP contribution in [0.1, 0.15) is 19.3 Å². The molecule has 1 fully saturated rings. The number of anilines is 1. The molecule has 2 aromatic rings. The molecule has 0 atom stereocenters. The fourth-order valence-corrected chi connectivity index (χ4v) is 2.26. The van der Waals surface area contributed by atoms with Crippen molar-refractivity contribution >= 4 is 17.5 Å². The summed E-state index contributed by atoms with van der Waals surface area (Å²) >= 11 is 5.98. The summed E-state index contributed by atoms with van der Waals surface area (Å²) in [5.41, 5.74) is 0.602. The van der Waals surface area contributed by atoms with Crippen LogP contribution >= 0.6 is 11.6 Å². The molecule has 0 unspecified atom stereocenters. The lowest BCUT2D eigenvalue weighted by Gasteiger charge is -2.26. The van der Waals surface area contributed by atoms with Gasteiger partial charge in [-0.3, -0.25) is 4.98 Å². The van der Waals surface area contributed by atoms with Crippen LogP contribution in [0.15, 0.2) is 18.6 Å². The second-order valence-corrected chi connectivity index (χ2v) is 4.70. The van der Waals surface area contributed by atoms with E-state index in [9.17, 15) is 0 Å². The van der Waals surface area contributed by atoms with Crippen LogP contribution in [0.3, 0.4) is 0 Å². The van der Waals surface area contributed by atoms with Crippen LogP contribution in [0.2, 0.25) is 5.28 Å². The summed E-state index contributed by atoms with van der Waals surface area (Å²) in [5.74, 6) is 1.09. The Balaban J connectivity index is 1.96. The van der Waals surface area contributed by atoms with E-state index in [0.29, 0.717) is 17.5 Å². The van der Waals surface area contributed by atoms with E-state index < -0.39 is 0 Å². The molecule has 0 aromatic carbocycles. The van der Waals surface area contributed by atoms with E-state index in [2.05, 4.69) is 29.8 Å². The maximum atomic E-state index is 5.98. The van der Waals surface area contributed by atoms with Crippen LogP contribution < -0.4 is 4.90 Å². The third kappa shape index (κ3) is 2.78. The number of rotatable bonds is 2. The van der Waals surface area contributed by atoms with Gasteiger partial charge in [0, 0.05) is 25.5 Å². The minimum Gasteiger partial charge on any atom is -0.341 e.